The largest absolute Gasteiger partial charge is 0.472 e. The monoisotopic (exact) mass is 1450 g/mol. The highest BCUT2D eigenvalue weighted by molar-refractivity contribution is 7.47. The van der Waals surface area contributed by atoms with Gasteiger partial charge in [0.1, 0.15) is 25.4 Å². The number of ether oxygens (including phenoxy) is 3. The number of hydrogen-bond donors (Lipinski definition) is 4. The van der Waals surface area contributed by atoms with Gasteiger partial charge in [0.2, 0.25) is 0 Å². The van der Waals surface area contributed by atoms with Crippen LogP contribution in [-0.4, -0.2) is 95.9 Å². The molecule has 0 aliphatic rings. The van der Waals surface area contributed by atoms with Gasteiger partial charge in [-0.3, -0.25) is 32.5 Å². The molecule has 0 saturated carbocycles. The number of rotatable bonds is 71. The first-order valence-corrected chi connectivity index (χ1v) is 41.4. The standard InChI is InChI=1S/C83H136O16P2/c1-4-7-10-13-16-19-22-25-28-31-34-36-37-38-39-41-44-45-48-51-54-57-60-63-66-69-81(86)93-72-78(84)73-95-100(89,90)96-74-79(85)75-97-101(91,92)98-77-80(99-83(88)71-68-65-62-59-56-53-50-47-42-33-30-27-24-21-18-15-12-9-6-3)76-94-82(87)70-67-64-61-58-55-52-49-46-43-40-35-32-29-26-23-20-17-14-11-8-5-2/h7-8,10-11,16-21,25-30,34-36,38-40,42,46-47,49,55,58,78-80,84-85H,4-6,9,12-15,22-24,31-33,37,41,43-45,48,50-54,56-57,59-77H2,1-3H3,(H,89,90)(H,91,92)/b10-7-,11-8-,19-16-,20-17-,21-18-,28-25-,29-26-,30-27-,36-34-,39-38-,40-35-,47-42-,49-46-,58-55-. The Balaban J connectivity index is 4.73. The fraction of sp³-hybridized carbons (Fsp3) is 0.627. The van der Waals surface area contributed by atoms with Gasteiger partial charge in [0, 0.05) is 19.3 Å². The summed E-state index contributed by atoms with van der Waals surface area (Å²) in [6, 6.07) is 0. The van der Waals surface area contributed by atoms with Crippen molar-refractivity contribution in [3.05, 3.63) is 170 Å². The Morgan fingerprint density at radius 2 is 0.525 bits per heavy atom. The van der Waals surface area contributed by atoms with E-state index in [1.54, 1.807) is 0 Å². The van der Waals surface area contributed by atoms with Gasteiger partial charge in [0.25, 0.3) is 0 Å². The van der Waals surface area contributed by atoms with E-state index in [2.05, 4.69) is 191 Å². The summed E-state index contributed by atoms with van der Waals surface area (Å²) in [4.78, 5) is 58.6. The molecular formula is C83H136O16P2. The summed E-state index contributed by atoms with van der Waals surface area (Å²) in [6.07, 6.45) is 93.9. The average molecular weight is 1450 g/mol. The zero-order valence-corrected chi connectivity index (χ0v) is 64.3. The highest BCUT2D eigenvalue weighted by Crippen LogP contribution is 2.45. The number of unbranched alkanes of at least 4 members (excludes halogenated alkanes) is 20. The van der Waals surface area contributed by atoms with E-state index in [0.717, 1.165) is 173 Å². The third-order valence-corrected chi connectivity index (χ3v) is 17.3. The zero-order chi connectivity index (χ0) is 73.7. The van der Waals surface area contributed by atoms with Gasteiger partial charge < -0.3 is 34.2 Å². The second-order valence-corrected chi connectivity index (χ2v) is 27.9. The third-order valence-electron chi connectivity index (χ3n) is 15.4. The predicted molar refractivity (Wildman–Crippen MR) is 417 cm³/mol. The van der Waals surface area contributed by atoms with Crippen LogP contribution < -0.4 is 0 Å². The van der Waals surface area contributed by atoms with Gasteiger partial charge in [-0.15, -0.1) is 0 Å². The van der Waals surface area contributed by atoms with Crippen LogP contribution in [0.3, 0.4) is 0 Å². The molecule has 0 heterocycles. The molecule has 18 heteroatoms. The molecular weight excluding hydrogens is 1310 g/mol. The number of allylic oxidation sites excluding steroid dienone is 28. The van der Waals surface area contributed by atoms with Crippen LogP contribution in [0, 0.1) is 0 Å². The van der Waals surface area contributed by atoms with Gasteiger partial charge >= 0.3 is 33.6 Å². The predicted octanol–water partition coefficient (Wildman–Crippen LogP) is 22.4. The number of aliphatic hydroxyl groups excluding tert-OH is 2. The van der Waals surface area contributed by atoms with Gasteiger partial charge in [-0.2, -0.15) is 0 Å². The molecule has 0 aliphatic carbocycles. The Hall–Kier alpha value is -5.09. The molecule has 0 radical (unpaired) electrons. The lowest BCUT2D eigenvalue weighted by molar-refractivity contribution is -0.161. The van der Waals surface area contributed by atoms with Gasteiger partial charge in [-0.25, -0.2) is 9.13 Å². The smallest absolute Gasteiger partial charge is 0.463 e. The number of phosphoric acid groups is 2. The van der Waals surface area contributed by atoms with Gasteiger partial charge in [-0.1, -0.05) is 274 Å². The molecule has 0 spiro atoms. The number of carbonyl (C=O) groups excluding carboxylic acids is 3. The van der Waals surface area contributed by atoms with E-state index in [1.807, 2.05) is 0 Å². The van der Waals surface area contributed by atoms with Crippen molar-refractivity contribution in [1.29, 1.82) is 0 Å². The molecule has 0 bridgehead atoms. The average Bonchev–Trinajstić information content (AvgIpc) is 0.970. The van der Waals surface area contributed by atoms with Crippen molar-refractivity contribution in [1.82, 2.24) is 0 Å². The van der Waals surface area contributed by atoms with Crippen molar-refractivity contribution in [2.45, 2.75) is 296 Å². The molecule has 5 atom stereocenters. The normalized spacial score (nSPS) is 15.0. The fourth-order valence-electron chi connectivity index (χ4n) is 9.61. The number of hydrogen-bond acceptors (Lipinski definition) is 14. The van der Waals surface area contributed by atoms with Crippen LogP contribution >= 0.6 is 15.6 Å². The zero-order valence-electron chi connectivity index (χ0n) is 62.5. The molecule has 0 saturated heterocycles. The van der Waals surface area contributed by atoms with Gasteiger partial charge in [0.15, 0.2) is 6.10 Å². The number of esters is 3. The first-order chi connectivity index (χ1) is 49.2. The molecule has 16 nitrogen and oxygen atoms in total. The maximum Gasteiger partial charge on any atom is 0.472 e. The highest BCUT2D eigenvalue weighted by atomic mass is 31.2. The molecule has 4 N–H and O–H groups in total. The molecule has 574 valence electrons. The van der Waals surface area contributed by atoms with Crippen LogP contribution in [0.15, 0.2) is 170 Å². The Morgan fingerprint density at radius 3 is 0.851 bits per heavy atom. The van der Waals surface area contributed by atoms with E-state index < -0.39 is 91.5 Å². The Kier molecular flexibility index (Phi) is 70.9. The van der Waals surface area contributed by atoms with Crippen molar-refractivity contribution in [2.75, 3.05) is 39.6 Å². The second-order valence-electron chi connectivity index (χ2n) is 25.0. The molecule has 0 amide bonds. The first-order valence-electron chi connectivity index (χ1n) is 38.4. The second kappa shape index (κ2) is 74.6. The highest BCUT2D eigenvalue weighted by Gasteiger charge is 2.29. The topological polar surface area (TPSA) is 231 Å². The number of carbonyl (C=O) groups is 3. The maximum atomic E-state index is 13.0. The van der Waals surface area contributed by atoms with Crippen molar-refractivity contribution in [3.8, 4) is 0 Å². The molecule has 5 unspecified atom stereocenters. The lowest BCUT2D eigenvalue weighted by atomic mass is 10.1. The minimum Gasteiger partial charge on any atom is -0.463 e. The molecule has 0 aromatic rings. The van der Waals surface area contributed by atoms with E-state index in [-0.39, 0.29) is 19.3 Å². The van der Waals surface area contributed by atoms with E-state index in [1.165, 1.54) is 44.9 Å². The van der Waals surface area contributed by atoms with Crippen molar-refractivity contribution < 1.29 is 75.8 Å². The van der Waals surface area contributed by atoms with Gasteiger partial charge in [0.05, 0.1) is 26.4 Å². The Bertz CT molecular complexity index is 2520. The Labute approximate surface area is 612 Å². The fourth-order valence-corrected chi connectivity index (χ4v) is 11.2. The minimum atomic E-state index is -4.95. The summed E-state index contributed by atoms with van der Waals surface area (Å²) in [6.45, 7) is 2.34. The number of aliphatic hydroxyl groups is 2. The van der Waals surface area contributed by atoms with Crippen LogP contribution in [0.2, 0.25) is 0 Å². The van der Waals surface area contributed by atoms with Gasteiger partial charge in [-0.05, 0) is 154 Å². The maximum absolute atomic E-state index is 13.0. The quantitative estimate of drug-likeness (QED) is 0.0146. The van der Waals surface area contributed by atoms with Crippen LogP contribution in [-0.2, 0) is 55.8 Å². The minimum absolute atomic E-state index is 0.0737. The molecule has 0 aromatic heterocycles. The molecule has 0 rings (SSSR count). The van der Waals surface area contributed by atoms with E-state index in [4.69, 9.17) is 32.3 Å². The number of phosphoric ester groups is 2. The summed E-state index contributed by atoms with van der Waals surface area (Å²) in [7, 11) is -9.82. The summed E-state index contributed by atoms with van der Waals surface area (Å²) in [5.41, 5.74) is 0. The first kappa shape index (κ1) is 95.9. The van der Waals surface area contributed by atoms with Crippen LogP contribution in [0.25, 0.3) is 0 Å². The summed E-state index contributed by atoms with van der Waals surface area (Å²) in [5.74, 6) is -1.66. The summed E-state index contributed by atoms with van der Waals surface area (Å²) in [5, 5.41) is 20.6. The van der Waals surface area contributed by atoms with Crippen LogP contribution in [0.1, 0.15) is 278 Å². The van der Waals surface area contributed by atoms with E-state index in [0.29, 0.717) is 19.3 Å². The summed E-state index contributed by atoms with van der Waals surface area (Å²) < 4.78 is 61.1. The van der Waals surface area contributed by atoms with Crippen LogP contribution in [0.4, 0.5) is 0 Å². The molecule has 101 heavy (non-hydrogen) atoms. The third kappa shape index (κ3) is 75.9. The SMILES string of the molecule is CC/C=C\C/C=C\C/C=C\C/C=C\C/C=C\C/C=C\CCCCC(=O)OCC(COP(=O)(O)OCC(O)COP(=O)(O)OCC(O)COC(=O)CCCCCCCCCCC/C=C\C/C=C\C/C=C\C/C=C\C/C=C\CC)OC(=O)CCCCCCCC/C=C\C/C=C\C/C=C\CCCCC. The van der Waals surface area contributed by atoms with E-state index >= 15 is 0 Å². The molecule has 0 fully saturated rings. The van der Waals surface area contributed by atoms with Crippen molar-refractivity contribution in [2.24, 2.45) is 0 Å². The molecule has 0 aliphatic heterocycles. The summed E-state index contributed by atoms with van der Waals surface area (Å²) >= 11 is 0. The van der Waals surface area contributed by atoms with Crippen molar-refractivity contribution >= 4 is 33.6 Å². The Morgan fingerprint density at radius 1 is 0.287 bits per heavy atom. The lowest BCUT2D eigenvalue weighted by Gasteiger charge is -2.21. The van der Waals surface area contributed by atoms with E-state index in [9.17, 15) is 43.5 Å². The molecule has 0 aromatic carbocycles. The van der Waals surface area contributed by atoms with Crippen LogP contribution in [0.5, 0.6) is 0 Å². The van der Waals surface area contributed by atoms with Crippen molar-refractivity contribution in [3.63, 3.8) is 0 Å². The lowest BCUT2D eigenvalue weighted by Crippen LogP contribution is -2.30.